The average molecular weight is 513 g/mol. The van der Waals surface area contributed by atoms with E-state index < -0.39 is 10.0 Å². The summed E-state index contributed by atoms with van der Waals surface area (Å²) in [6, 6.07) is 5.16. The van der Waals surface area contributed by atoms with E-state index in [9.17, 15) is 8.42 Å². The minimum atomic E-state index is -3.78. The number of hydrogen-bond donors (Lipinski definition) is 3. The molecule has 1 aromatic carbocycles. The highest BCUT2D eigenvalue weighted by Crippen LogP contribution is 2.41. The standard InChI is InChI=1S/C23H28N8O4S/c1-15-18(3-2-4-19(15)36(33,34)27-6-10-32)31-7-5-17-20(16-13-25-22(24)26-14-16)28-23(29-21(17)31)30-8-11-35-12-9-30/h2-4,13-14,27,32H,5-12H2,1H3,(H2,24,25,26). The summed E-state index contributed by atoms with van der Waals surface area (Å²) in [7, 11) is -3.78. The lowest BCUT2D eigenvalue weighted by atomic mass is 10.1. The van der Waals surface area contributed by atoms with Crippen LogP contribution < -0.4 is 20.3 Å². The van der Waals surface area contributed by atoms with Crippen molar-refractivity contribution in [2.24, 2.45) is 0 Å². The van der Waals surface area contributed by atoms with Crippen LogP contribution in [-0.2, 0) is 21.2 Å². The van der Waals surface area contributed by atoms with E-state index in [1.807, 2.05) is 11.0 Å². The molecule has 3 aromatic rings. The third-order valence-corrected chi connectivity index (χ3v) is 7.90. The number of sulfonamides is 1. The molecule has 0 aliphatic carbocycles. The van der Waals surface area contributed by atoms with Gasteiger partial charge in [0.15, 0.2) is 0 Å². The van der Waals surface area contributed by atoms with Crippen molar-refractivity contribution < 1.29 is 18.3 Å². The van der Waals surface area contributed by atoms with Gasteiger partial charge in [-0.05, 0) is 31.0 Å². The number of aliphatic hydroxyl groups is 1. The molecule has 0 bridgehead atoms. The fourth-order valence-electron chi connectivity index (χ4n) is 4.53. The lowest BCUT2D eigenvalue weighted by Gasteiger charge is -2.29. The van der Waals surface area contributed by atoms with Crippen molar-refractivity contribution >= 4 is 33.4 Å². The average Bonchev–Trinajstić information content (AvgIpc) is 3.32. The summed E-state index contributed by atoms with van der Waals surface area (Å²) in [5, 5.41) is 9.07. The Morgan fingerprint density at radius 2 is 1.89 bits per heavy atom. The first-order valence-corrected chi connectivity index (χ1v) is 13.2. The monoisotopic (exact) mass is 512 g/mol. The first-order chi connectivity index (χ1) is 17.4. The molecule has 0 atom stereocenters. The van der Waals surface area contributed by atoms with Crippen LogP contribution in [0, 0.1) is 6.92 Å². The number of benzene rings is 1. The number of anilines is 4. The van der Waals surface area contributed by atoms with Crippen molar-refractivity contribution in [2.45, 2.75) is 18.2 Å². The molecule has 12 nitrogen and oxygen atoms in total. The molecule has 2 aliphatic heterocycles. The van der Waals surface area contributed by atoms with E-state index in [-0.39, 0.29) is 24.0 Å². The topological polar surface area (TPSA) is 160 Å². The third kappa shape index (κ3) is 4.57. The highest BCUT2D eigenvalue weighted by atomic mass is 32.2. The van der Waals surface area contributed by atoms with Crippen molar-refractivity contribution in [2.75, 3.05) is 61.5 Å². The second-order valence-electron chi connectivity index (χ2n) is 8.53. The summed E-state index contributed by atoms with van der Waals surface area (Å²) in [5.41, 5.74) is 9.45. The number of nitrogens with zero attached hydrogens (tertiary/aromatic N) is 6. The second kappa shape index (κ2) is 9.93. The van der Waals surface area contributed by atoms with Crippen LogP contribution in [0.4, 0.5) is 23.4 Å². The maximum Gasteiger partial charge on any atom is 0.240 e. The molecule has 0 spiro atoms. The predicted octanol–water partition coefficient (Wildman–Crippen LogP) is 0.626. The number of morpholine rings is 1. The van der Waals surface area contributed by atoms with Gasteiger partial charge in [0.05, 0.1) is 30.4 Å². The van der Waals surface area contributed by atoms with Gasteiger partial charge in [0, 0.05) is 55.4 Å². The van der Waals surface area contributed by atoms with E-state index in [1.54, 1.807) is 31.5 Å². The van der Waals surface area contributed by atoms with E-state index >= 15 is 0 Å². The van der Waals surface area contributed by atoms with Gasteiger partial charge in [-0.15, -0.1) is 0 Å². The molecular formula is C23H28N8O4S. The number of nitrogens with one attached hydrogen (secondary N) is 1. The van der Waals surface area contributed by atoms with Gasteiger partial charge in [0.25, 0.3) is 0 Å². The minimum Gasteiger partial charge on any atom is -0.395 e. The summed E-state index contributed by atoms with van der Waals surface area (Å²) in [6.07, 6.45) is 3.97. The lowest BCUT2D eigenvalue weighted by Crippen LogP contribution is -2.37. The zero-order valence-corrected chi connectivity index (χ0v) is 20.7. The van der Waals surface area contributed by atoms with Gasteiger partial charge in [-0.2, -0.15) is 4.98 Å². The number of rotatable bonds is 7. The fourth-order valence-corrected chi connectivity index (χ4v) is 5.81. The molecule has 2 aromatic heterocycles. The van der Waals surface area contributed by atoms with Gasteiger partial charge in [-0.3, -0.25) is 0 Å². The number of hydrogen-bond acceptors (Lipinski definition) is 11. The smallest absolute Gasteiger partial charge is 0.240 e. The molecule has 0 unspecified atom stereocenters. The van der Waals surface area contributed by atoms with Gasteiger partial charge in [0.1, 0.15) is 5.82 Å². The predicted molar refractivity (Wildman–Crippen MR) is 135 cm³/mol. The Morgan fingerprint density at radius 3 is 2.61 bits per heavy atom. The Hall–Kier alpha value is -3.39. The van der Waals surface area contributed by atoms with Gasteiger partial charge >= 0.3 is 0 Å². The van der Waals surface area contributed by atoms with Crippen LogP contribution in [-0.4, -0.2) is 79.5 Å². The molecule has 36 heavy (non-hydrogen) atoms. The quantitative estimate of drug-likeness (QED) is 0.407. The maximum absolute atomic E-state index is 12.8. The van der Waals surface area contributed by atoms with Gasteiger partial charge in [-0.1, -0.05) is 6.07 Å². The first-order valence-electron chi connectivity index (χ1n) is 11.7. The zero-order valence-electron chi connectivity index (χ0n) is 19.9. The summed E-state index contributed by atoms with van der Waals surface area (Å²) < 4.78 is 33.6. The number of ether oxygens (including phenoxy) is 1. The Labute approximate surface area is 209 Å². The molecule has 0 radical (unpaired) electrons. The Morgan fingerprint density at radius 1 is 1.14 bits per heavy atom. The van der Waals surface area contributed by atoms with E-state index in [1.165, 1.54) is 0 Å². The van der Waals surface area contributed by atoms with Crippen molar-refractivity contribution in [3.8, 4) is 11.3 Å². The first kappa shape index (κ1) is 24.3. The molecule has 1 fully saturated rings. The number of aromatic nitrogens is 4. The highest BCUT2D eigenvalue weighted by molar-refractivity contribution is 7.89. The summed E-state index contributed by atoms with van der Waals surface area (Å²) in [5.74, 6) is 1.48. The van der Waals surface area contributed by atoms with Gasteiger partial charge < -0.3 is 25.4 Å². The molecule has 13 heteroatoms. The van der Waals surface area contributed by atoms with Crippen molar-refractivity contribution in [3.05, 3.63) is 41.7 Å². The van der Waals surface area contributed by atoms with Crippen molar-refractivity contribution in [1.29, 1.82) is 0 Å². The molecule has 0 amide bonds. The van der Waals surface area contributed by atoms with Crippen LogP contribution in [0.15, 0.2) is 35.5 Å². The molecule has 5 rings (SSSR count). The summed E-state index contributed by atoms with van der Waals surface area (Å²) >= 11 is 0. The SMILES string of the molecule is Cc1c(N2CCc3c(-c4cnc(N)nc4)nc(N4CCOCC4)nc32)cccc1S(=O)(=O)NCCO. The van der Waals surface area contributed by atoms with Gasteiger partial charge in [-0.25, -0.2) is 28.1 Å². The summed E-state index contributed by atoms with van der Waals surface area (Å²) in [4.78, 5) is 22.4. The molecular weight excluding hydrogens is 484 g/mol. The van der Waals surface area contributed by atoms with Crippen LogP contribution >= 0.6 is 0 Å². The van der Waals surface area contributed by atoms with Crippen LogP contribution in [0.5, 0.6) is 0 Å². The van der Waals surface area contributed by atoms with Crippen LogP contribution in [0.3, 0.4) is 0 Å². The molecule has 4 N–H and O–H groups in total. The summed E-state index contributed by atoms with van der Waals surface area (Å²) in [6.45, 7) is 4.56. The third-order valence-electron chi connectivity index (χ3n) is 6.29. The van der Waals surface area contributed by atoms with Gasteiger partial charge in [0.2, 0.25) is 21.9 Å². The normalized spacial score (nSPS) is 15.8. The van der Waals surface area contributed by atoms with E-state index in [0.717, 1.165) is 28.3 Å². The Kier molecular flexibility index (Phi) is 6.71. The molecule has 0 saturated carbocycles. The lowest BCUT2D eigenvalue weighted by molar-refractivity contribution is 0.122. The molecule has 2 aliphatic rings. The second-order valence-corrected chi connectivity index (χ2v) is 10.3. The Bertz CT molecular complexity index is 1360. The number of nitrogen functional groups attached to an aromatic ring is 1. The highest BCUT2D eigenvalue weighted by Gasteiger charge is 2.31. The van der Waals surface area contributed by atoms with E-state index in [0.29, 0.717) is 50.8 Å². The number of fused-ring (bicyclic) bond motifs is 1. The molecule has 1 saturated heterocycles. The largest absolute Gasteiger partial charge is 0.395 e. The zero-order chi connectivity index (χ0) is 25.3. The van der Waals surface area contributed by atoms with Crippen molar-refractivity contribution in [1.82, 2.24) is 24.7 Å². The van der Waals surface area contributed by atoms with Crippen LogP contribution in [0.25, 0.3) is 11.3 Å². The number of nitrogens with two attached hydrogens (primary N) is 1. The fraction of sp³-hybridized carbons (Fsp3) is 0.391. The van der Waals surface area contributed by atoms with Crippen LogP contribution in [0.1, 0.15) is 11.1 Å². The van der Waals surface area contributed by atoms with Crippen molar-refractivity contribution in [3.63, 3.8) is 0 Å². The van der Waals surface area contributed by atoms with E-state index in [4.69, 9.17) is 25.5 Å². The van der Waals surface area contributed by atoms with E-state index in [2.05, 4.69) is 19.6 Å². The minimum absolute atomic E-state index is 0.0539. The maximum atomic E-state index is 12.8. The van der Waals surface area contributed by atoms with Crippen LogP contribution in [0.2, 0.25) is 0 Å². The molecule has 190 valence electrons. The molecule has 4 heterocycles. The number of aliphatic hydroxyl groups excluding tert-OH is 1. The Balaban J connectivity index is 1.62.